The van der Waals surface area contributed by atoms with Crippen molar-refractivity contribution in [1.29, 1.82) is 0 Å². The van der Waals surface area contributed by atoms with Gasteiger partial charge in [0, 0.05) is 5.02 Å². The molecule has 0 aliphatic rings. The number of benzene rings is 2. The van der Waals surface area contributed by atoms with E-state index in [9.17, 15) is 21.6 Å². The molecular weight excluding hydrogens is 378 g/mol. The van der Waals surface area contributed by atoms with Crippen LogP contribution >= 0.6 is 23.2 Å². The summed E-state index contributed by atoms with van der Waals surface area (Å²) in [6, 6.07) is 7.92. The number of alkyl halides is 3. The Hall–Kier alpha value is -1.64. The van der Waals surface area contributed by atoms with Crippen molar-refractivity contribution in [3.8, 4) is 5.75 Å². The molecule has 0 saturated heterocycles. The lowest BCUT2D eigenvalue weighted by atomic mass is 10.3. The summed E-state index contributed by atoms with van der Waals surface area (Å²) in [5, 5.41) is 0.385. The molecule has 2 aromatic carbocycles. The zero-order valence-corrected chi connectivity index (χ0v) is 13.4. The maximum absolute atomic E-state index is 12.2. The lowest BCUT2D eigenvalue weighted by molar-refractivity contribution is -0.274. The summed E-state index contributed by atoms with van der Waals surface area (Å²) < 4.78 is 66.4. The molecule has 2 aromatic rings. The Morgan fingerprint density at radius 2 is 1.61 bits per heavy atom. The molecule has 0 heterocycles. The first-order chi connectivity index (χ1) is 10.6. The lowest BCUT2D eigenvalue weighted by Gasteiger charge is -2.11. The summed E-state index contributed by atoms with van der Waals surface area (Å²) in [7, 11) is -4.04. The molecule has 0 bridgehead atoms. The van der Waals surface area contributed by atoms with Crippen molar-refractivity contribution in [2.75, 3.05) is 4.72 Å². The fraction of sp³-hybridized carbons (Fsp3) is 0.0769. The van der Waals surface area contributed by atoms with Crippen molar-refractivity contribution in [3.63, 3.8) is 0 Å². The SMILES string of the molecule is O=S(=O)(Nc1cc(Cl)ccc1Cl)c1ccc(OC(F)(F)F)cc1. The summed E-state index contributed by atoms with van der Waals surface area (Å²) in [4.78, 5) is -0.261. The van der Waals surface area contributed by atoms with Crippen molar-refractivity contribution < 1.29 is 26.3 Å². The lowest BCUT2D eigenvalue weighted by Crippen LogP contribution is -2.17. The van der Waals surface area contributed by atoms with Crippen LogP contribution in [-0.4, -0.2) is 14.8 Å². The molecule has 10 heteroatoms. The smallest absolute Gasteiger partial charge is 0.406 e. The molecule has 2 rings (SSSR count). The molecular formula is C13H8Cl2F3NO3S. The normalized spacial score (nSPS) is 12.0. The van der Waals surface area contributed by atoms with Crippen molar-refractivity contribution in [2.24, 2.45) is 0 Å². The standard InChI is InChI=1S/C13H8Cl2F3NO3S/c14-8-1-6-11(15)12(7-8)19-23(20,21)10-4-2-9(3-5-10)22-13(16,17)18/h1-7,19H. The van der Waals surface area contributed by atoms with Crippen LogP contribution in [0.3, 0.4) is 0 Å². The minimum Gasteiger partial charge on any atom is -0.406 e. The van der Waals surface area contributed by atoms with E-state index in [-0.39, 0.29) is 20.6 Å². The molecule has 124 valence electrons. The topological polar surface area (TPSA) is 55.4 Å². The van der Waals surface area contributed by atoms with E-state index < -0.39 is 22.1 Å². The Morgan fingerprint density at radius 1 is 1.00 bits per heavy atom. The third kappa shape index (κ3) is 4.92. The number of hydrogen-bond acceptors (Lipinski definition) is 3. The van der Waals surface area contributed by atoms with E-state index in [0.29, 0.717) is 0 Å². The van der Waals surface area contributed by atoms with Crippen LogP contribution in [0.15, 0.2) is 47.4 Å². The Balaban J connectivity index is 2.24. The second-order valence-electron chi connectivity index (χ2n) is 4.25. The predicted molar refractivity (Wildman–Crippen MR) is 80.4 cm³/mol. The van der Waals surface area contributed by atoms with E-state index in [0.717, 1.165) is 24.3 Å². The molecule has 0 atom stereocenters. The molecule has 0 aromatic heterocycles. The van der Waals surface area contributed by atoms with Crippen molar-refractivity contribution in [2.45, 2.75) is 11.3 Å². The molecule has 4 nitrogen and oxygen atoms in total. The predicted octanol–water partition coefficient (Wildman–Crippen LogP) is 4.69. The highest BCUT2D eigenvalue weighted by molar-refractivity contribution is 7.92. The summed E-state index contributed by atoms with van der Waals surface area (Å²) in [5.74, 6) is -0.530. The molecule has 0 radical (unpaired) electrons. The van der Waals surface area contributed by atoms with Gasteiger partial charge in [0.2, 0.25) is 0 Å². The van der Waals surface area contributed by atoms with Gasteiger partial charge in [0.15, 0.2) is 0 Å². The Bertz CT molecular complexity index is 808. The number of hydrogen-bond donors (Lipinski definition) is 1. The Morgan fingerprint density at radius 3 is 2.17 bits per heavy atom. The highest BCUT2D eigenvalue weighted by atomic mass is 35.5. The molecule has 0 spiro atoms. The van der Waals surface area contributed by atoms with Crippen LogP contribution in [0.4, 0.5) is 18.9 Å². The van der Waals surface area contributed by atoms with Crippen LogP contribution in [0.25, 0.3) is 0 Å². The van der Waals surface area contributed by atoms with E-state index in [1.807, 2.05) is 0 Å². The van der Waals surface area contributed by atoms with Gasteiger partial charge in [0.1, 0.15) is 5.75 Å². The first-order valence-corrected chi connectivity index (χ1v) is 8.14. The third-order valence-corrected chi connectivity index (χ3v) is 4.49. The average molecular weight is 386 g/mol. The van der Waals surface area contributed by atoms with Gasteiger partial charge in [0.05, 0.1) is 15.6 Å². The molecule has 0 amide bonds. The third-order valence-electron chi connectivity index (χ3n) is 2.54. The van der Waals surface area contributed by atoms with E-state index in [4.69, 9.17) is 23.2 Å². The van der Waals surface area contributed by atoms with Gasteiger partial charge in [-0.1, -0.05) is 23.2 Å². The summed E-state index contributed by atoms with van der Waals surface area (Å²) >= 11 is 11.6. The van der Waals surface area contributed by atoms with Crippen LogP contribution in [-0.2, 0) is 10.0 Å². The number of anilines is 1. The largest absolute Gasteiger partial charge is 0.573 e. The second-order valence-corrected chi connectivity index (χ2v) is 6.77. The fourth-order valence-corrected chi connectivity index (χ4v) is 3.06. The zero-order valence-electron chi connectivity index (χ0n) is 11.1. The van der Waals surface area contributed by atoms with Gasteiger partial charge < -0.3 is 4.74 Å². The van der Waals surface area contributed by atoms with Gasteiger partial charge in [-0.15, -0.1) is 13.2 Å². The monoisotopic (exact) mass is 385 g/mol. The maximum atomic E-state index is 12.2. The minimum absolute atomic E-state index is 0.0507. The molecule has 23 heavy (non-hydrogen) atoms. The summed E-state index contributed by atoms with van der Waals surface area (Å²) in [6.07, 6.45) is -4.85. The van der Waals surface area contributed by atoms with Gasteiger partial charge in [-0.2, -0.15) is 0 Å². The molecule has 1 N–H and O–H groups in total. The highest BCUT2D eigenvalue weighted by Crippen LogP contribution is 2.29. The Kier molecular flexibility index (Phi) is 4.98. The fourth-order valence-electron chi connectivity index (χ4n) is 1.60. The van der Waals surface area contributed by atoms with Gasteiger partial charge in [-0.3, -0.25) is 4.72 Å². The van der Waals surface area contributed by atoms with Gasteiger partial charge in [0.25, 0.3) is 10.0 Å². The molecule has 0 aliphatic carbocycles. The van der Waals surface area contributed by atoms with E-state index >= 15 is 0 Å². The number of rotatable bonds is 4. The molecule has 0 saturated carbocycles. The van der Waals surface area contributed by atoms with E-state index in [1.54, 1.807) is 0 Å². The molecule has 0 aliphatic heterocycles. The van der Waals surface area contributed by atoms with Gasteiger partial charge >= 0.3 is 6.36 Å². The van der Waals surface area contributed by atoms with Gasteiger partial charge in [-0.25, -0.2) is 8.42 Å². The summed E-state index contributed by atoms with van der Waals surface area (Å²) in [5.41, 5.74) is 0.0507. The average Bonchev–Trinajstić information content (AvgIpc) is 2.41. The van der Waals surface area contributed by atoms with Crippen LogP contribution in [0.1, 0.15) is 0 Å². The van der Waals surface area contributed by atoms with Crippen molar-refractivity contribution in [1.82, 2.24) is 0 Å². The van der Waals surface area contributed by atoms with Crippen LogP contribution < -0.4 is 9.46 Å². The van der Waals surface area contributed by atoms with Crippen LogP contribution in [0.5, 0.6) is 5.75 Å². The number of halogens is 5. The van der Waals surface area contributed by atoms with E-state index in [1.165, 1.54) is 18.2 Å². The number of sulfonamides is 1. The minimum atomic E-state index is -4.85. The summed E-state index contributed by atoms with van der Waals surface area (Å²) in [6.45, 7) is 0. The number of ether oxygens (including phenoxy) is 1. The first kappa shape index (κ1) is 17.7. The maximum Gasteiger partial charge on any atom is 0.573 e. The first-order valence-electron chi connectivity index (χ1n) is 5.90. The quantitative estimate of drug-likeness (QED) is 0.830. The van der Waals surface area contributed by atoms with Gasteiger partial charge in [-0.05, 0) is 42.5 Å². The number of nitrogens with one attached hydrogen (secondary N) is 1. The van der Waals surface area contributed by atoms with Crippen molar-refractivity contribution in [3.05, 3.63) is 52.5 Å². The molecule has 0 fully saturated rings. The van der Waals surface area contributed by atoms with E-state index in [2.05, 4.69) is 9.46 Å². The Labute approximate surface area is 139 Å². The molecule has 0 unspecified atom stereocenters. The van der Waals surface area contributed by atoms with Crippen LogP contribution in [0, 0.1) is 0 Å². The highest BCUT2D eigenvalue weighted by Gasteiger charge is 2.31. The van der Waals surface area contributed by atoms with Crippen molar-refractivity contribution >= 4 is 38.9 Å². The second kappa shape index (κ2) is 6.46. The van der Waals surface area contributed by atoms with Crippen LogP contribution in [0.2, 0.25) is 10.0 Å². The zero-order chi connectivity index (χ0) is 17.3.